The smallest absolute Gasteiger partial charge is 0.227 e. The fourth-order valence-electron chi connectivity index (χ4n) is 6.20. The largest absolute Gasteiger partial charge is 0.438 e. The number of anilines is 3. The van der Waals surface area contributed by atoms with Crippen molar-refractivity contribution < 1.29 is 8.83 Å². The Labute approximate surface area is 246 Å². The summed E-state index contributed by atoms with van der Waals surface area (Å²) in [7, 11) is 0. The molecule has 0 aliphatic heterocycles. The summed E-state index contributed by atoms with van der Waals surface area (Å²) in [6, 6.07) is 44.3. The highest BCUT2D eigenvalue weighted by Crippen LogP contribution is 2.43. The summed E-state index contributed by atoms with van der Waals surface area (Å²) in [4.78, 5) is 11.2. The predicted octanol–water partition coefficient (Wildman–Crippen LogP) is 10.6. The molecule has 0 saturated carbocycles. The Balaban J connectivity index is 1.33. The van der Waals surface area contributed by atoms with Gasteiger partial charge in [0.25, 0.3) is 0 Å². The minimum Gasteiger partial charge on any atom is -0.438 e. The van der Waals surface area contributed by atoms with Crippen LogP contribution in [0.15, 0.2) is 149 Å². The van der Waals surface area contributed by atoms with Gasteiger partial charge in [0.2, 0.25) is 11.4 Å². The zero-order valence-electron chi connectivity index (χ0n) is 22.9. The van der Waals surface area contributed by atoms with Crippen molar-refractivity contribution >= 4 is 72.0 Å². The molecule has 0 spiro atoms. The van der Waals surface area contributed by atoms with Crippen LogP contribution in [-0.2, 0) is 0 Å². The van der Waals surface area contributed by atoms with Gasteiger partial charge in [-0.15, -0.1) is 0 Å². The van der Waals surface area contributed by atoms with E-state index in [-0.39, 0.29) is 0 Å². The van der Waals surface area contributed by atoms with Gasteiger partial charge in [0.1, 0.15) is 11.2 Å². The third-order valence-corrected chi connectivity index (χ3v) is 8.17. The highest BCUT2D eigenvalue weighted by molar-refractivity contribution is 6.08. The summed E-state index contributed by atoms with van der Waals surface area (Å²) < 4.78 is 12.3. The highest BCUT2D eigenvalue weighted by atomic mass is 16.3. The fraction of sp³-hybridized carbons (Fsp3) is 0. The van der Waals surface area contributed by atoms with Crippen LogP contribution in [0.1, 0.15) is 0 Å². The third kappa shape index (κ3) is 3.79. The lowest BCUT2D eigenvalue weighted by molar-refractivity contribution is 0.653. The molecule has 0 saturated heterocycles. The van der Waals surface area contributed by atoms with Crippen molar-refractivity contribution in [2.75, 3.05) is 4.90 Å². The molecule has 0 aliphatic carbocycles. The van der Waals surface area contributed by atoms with Crippen molar-refractivity contribution in [2.45, 2.75) is 0 Å². The summed E-state index contributed by atoms with van der Waals surface area (Å²) in [6.45, 7) is 0. The molecule has 0 amide bonds. The predicted molar refractivity (Wildman–Crippen MR) is 174 cm³/mol. The van der Waals surface area contributed by atoms with Crippen molar-refractivity contribution in [3.63, 3.8) is 0 Å². The maximum atomic E-state index is 6.23. The van der Waals surface area contributed by atoms with Crippen molar-refractivity contribution in [1.82, 2.24) is 9.97 Å². The Morgan fingerprint density at radius 1 is 0.442 bits per heavy atom. The van der Waals surface area contributed by atoms with Crippen molar-refractivity contribution in [2.24, 2.45) is 0 Å². The lowest BCUT2D eigenvalue weighted by atomic mass is 9.96. The zero-order chi connectivity index (χ0) is 28.3. The van der Waals surface area contributed by atoms with E-state index >= 15 is 0 Å². The summed E-state index contributed by atoms with van der Waals surface area (Å²) in [5.74, 6) is 0. The monoisotopic (exact) mass is 553 g/mol. The first kappa shape index (κ1) is 23.7. The molecule has 0 radical (unpaired) electrons. The van der Waals surface area contributed by atoms with E-state index in [0.717, 1.165) is 55.2 Å². The van der Waals surface area contributed by atoms with Crippen LogP contribution in [0.2, 0.25) is 0 Å². The Morgan fingerprint density at radius 2 is 1.12 bits per heavy atom. The van der Waals surface area contributed by atoms with Gasteiger partial charge in [0.05, 0.1) is 0 Å². The Bertz CT molecular complexity index is 2480. The second-order valence-corrected chi connectivity index (χ2v) is 10.7. The van der Waals surface area contributed by atoms with E-state index in [9.17, 15) is 0 Å². The number of aromatic nitrogens is 2. The van der Waals surface area contributed by atoms with Gasteiger partial charge in [-0.1, -0.05) is 54.6 Å². The number of hydrogen-bond acceptors (Lipinski definition) is 5. The molecule has 4 heterocycles. The average Bonchev–Trinajstić information content (AvgIpc) is 3.63. The zero-order valence-corrected chi connectivity index (χ0v) is 22.9. The van der Waals surface area contributed by atoms with E-state index in [4.69, 9.17) is 8.83 Å². The van der Waals surface area contributed by atoms with Gasteiger partial charge in [-0.05, 0) is 88.6 Å². The van der Waals surface area contributed by atoms with Gasteiger partial charge in [-0.25, -0.2) is 9.97 Å². The van der Waals surface area contributed by atoms with Crippen molar-refractivity contribution in [3.05, 3.63) is 140 Å². The van der Waals surface area contributed by atoms with Crippen LogP contribution in [0.3, 0.4) is 0 Å². The Kier molecular flexibility index (Phi) is 5.13. The minimum absolute atomic E-state index is 0.634. The van der Waals surface area contributed by atoms with Crippen LogP contribution in [0, 0.1) is 0 Å². The molecule has 9 aromatic rings. The summed E-state index contributed by atoms with van der Waals surface area (Å²) >= 11 is 0. The lowest BCUT2D eigenvalue weighted by Gasteiger charge is -2.27. The maximum Gasteiger partial charge on any atom is 0.227 e. The van der Waals surface area contributed by atoms with Crippen LogP contribution in [0.5, 0.6) is 0 Å². The maximum absolute atomic E-state index is 6.23. The second-order valence-electron chi connectivity index (χ2n) is 10.7. The third-order valence-electron chi connectivity index (χ3n) is 8.17. The molecule has 5 aromatic carbocycles. The summed E-state index contributed by atoms with van der Waals surface area (Å²) in [5.41, 5.74) is 8.23. The van der Waals surface area contributed by atoms with Gasteiger partial charge in [-0.3, -0.25) is 0 Å². The molecule has 5 nitrogen and oxygen atoms in total. The van der Waals surface area contributed by atoms with Crippen LogP contribution >= 0.6 is 0 Å². The Hall–Kier alpha value is -5.94. The van der Waals surface area contributed by atoms with Crippen LogP contribution in [-0.4, -0.2) is 9.97 Å². The van der Waals surface area contributed by atoms with Crippen LogP contribution in [0.25, 0.3) is 66.0 Å². The molecule has 4 aromatic heterocycles. The fourth-order valence-corrected chi connectivity index (χ4v) is 6.20. The quantitative estimate of drug-likeness (QED) is 0.217. The molecule has 5 heteroatoms. The number of rotatable bonds is 4. The summed E-state index contributed by atoms with van der Waals surface area (Å²) in [6.07, 6.45) is 3.52. The number of furan rings is 2. The lowest BCUT2D eigenvalue weighted by Crippen LogP contribution is -2.10. The molecule has 202 valence electrons. The minimum atomic E-state index is 0.634. The molecule has 43 heavy (non-hydrogen) atoms. The van der Waals surface area contributed by atoms with E-state index in [1.165, 1.54) is 16.5 Å². The molecule has 0 unspecified atom stereocenters. The number of benzene rings is 5. The van der Waals surface area contributed by atoms with Gasteiger partial charge in [0, 0.05) is 57.1 Å². The van der Waals surface area contributed by atoms with Crippen molar-refractivity contribution in [1.29, 1.82) is 0 Å². The first-order valence-electron chi connectivity index (χ1n) is 14.2. The summed E-state index contributed by atoms with van der Waals surface area (Å²) in [5, 5.41) is 6.42. The molecular formula is C38H23N3O2. The van der Waals surface area contributed by atoms with E-state index in [0.29, 0.717) is 11.4 Å². The van der Waals surface area contributed by atoms with E-state index in [2.05, 4.69) is 118 Å². The Morgan fingerprint density at radius 3 is 1.95 bits per heavy atom. The van der Waals surface area contributed by atoms with Gasteiger partial charge < -0.3 is 13.7 Å². The molecule has 9 rings (SSSR count). The standard InChI is InChI=1S/C38H23N3O2/c1-2-8-24(9-3-1)33-22-28(20-25-10-4-5-11-29(25)33)41(26-15-17-35-34(21-26)32-13-7-19-40-38(32)42-35)27-14-16-30-31-12-6-18-39-37(31)43-36(30)23-27/h1-23H. The highest BCUT2D eigenvalue weighted by Gasteiger charge is 2.19. The molecule has 0 aliphatic rings. The van der Waals surface area contributed by atoms with Gasteiger partial charge in [0.15, 0.2) is 0 Å². The van der Waals surface area contributed by atoms with E-state index < -0.39 is 0 Å². The second kappa shape index (κ2) is 9.29. The number of hydrogen-bond donors (Lipinski definition) is 0. The average molecular weight is 554 g/mol. The molecular weight excluding hydrogens is 530 g/mol. The molecule has 0 atom stereocenters. The number of fused-ring (bicyclic) bond motifs is 7. The topological polar surface area (TPSA) is 55.3 Å². The first-order chi connectivity index (χ1) is 21.3. The van der Waals surface area contributed by atoms with Gasteiger partial charge in [-0.2, -0.15) is 0 Å². The van der Waals surface area contributed by atoms with Gasteiger partial charge >= 0.3 is 0 Å². The first-order valence-corrected chi connectivity index (χ1v) is 14.2. The normalized spacial score (nSPS) is 11.7. The molecule has 0 fully saturated rings. The SMILES string of the molecule is c1ccc(-c2cc(N(c3ccc4c(c3)oc3ncccc34)c3ccc4oc5ncccc5c4c3)cc3ccccc23)cc1. The molecule has 0 bridgehead atoms. The molecule has 0 N–H and O–H groups in total. The number of nitrogens with zero attached hydrogens (tertiary/aromatic N) is 3. The van der Waals surface area contributed by atoms with E-state index in [1.54, 1.807) is 12.4 Å². The van der Waals surface area contributed by atoms with E-state index in [1.807, 2.05) is 24.3 Å². The number of pyridine rings is 2. The van der Waals surface area contributed by atoms with Crippen LogP contribution < -0.4 is 4.90 Å². The van der Waals surface area contributed by atoms with Crippen LogP contribution in [0.4, 0.5) is 17.1 Å². The van der Waals surface area contributed by atoms with Crippen molar-refractivity contribution in [3.8, 4) is 11.1 Å².